The highest BCUT2D eigenvalue weighted by atomic mass is 16.6. The summed E-state index contributed by atoms with van der Waals surface area (Å²) >= 11 is 0. The number of benzene rings is 3. The third kappa shape index (κ3) is 5.29. The van der Waals surface area contributed by atoms with Gasteiger partial charge in [-0.05, 0) is 24.3 Å². The van der Waals surface area contributed by atoms with Crippen LogP contribution in [0.3, 0.4) is 0 Å². The van der Waals surface area contributed by atoms with Gasteiger partial charge in [0.15, 0.2) is 11.9 Å². The summed E-state index contributed by atoms with van der Waals surface area (Å²) in [6.45, 7) is -0.603. The molecule has 2 heterocycles. The van der Waals surface area contributed by atoms with Crippen molar-refractivity contribution in [3.8, 4) is 0 Å². The maximum atomic E-state index is 14.2. The van der Waals surface area contributed by atoms with Gasteiger partial charge in [-0.1, -0.05) is 66.7 Å². The number of Topliss-reactive ketones (excluding diaryl/α,β-unsaturated/α-hetero) is 1. The molecule has 0 radical (unpaired) electrons. The molecule has 0 amide bonds. The van der Waals surface area contributed by atoms with E-state index in [0.717, 1.165) is 0 Å². The van der Waals surface area contributed by atoms with Crippen molar-refractivity contribution in [3.05, 3.63) is 118 Å². The number of anilines is 3. The quantitative estimate of drug-likeness (QED) is 0.171. The SMILES string of the molecule is Nc1nc(=O)n([C@]2(C(=O)c3ccccc3)O[C@H](COC(=O)c3ccccc3)[C@@H](OC(=O)c3ccccc3)[C@H]2O)c(N)c1N. The molecular weight excluding hydrogens is 558 g/mol. The molecular formula is C30H27N5O8. The number of aromatic nitrogens is 2. The fourth-order valence-corrected chi connectivity index (χ4v) is 4.80. The van der Waals surface area contributed by atoms with Crippen LogP contribution in [0.15, 0.2) is 95.8 Å². The number of aliphatic hydroxyl groups excluding tert-OH is 1. The molecule has 43 heavy (non-hydrogen) atoms. The van der Waals surface area contributed by atoms with Crippen LogP contribution < -0.4 is 22.9 Å². The minimum absolute atomic E-state index is 0.00156. The first kappa shape index (κ1) is 29.0. The molecule has 1 aromatic heterocycles. The van der Waals surface area contributed by atoms with E-state index in [-0.39, 0.29) is 22.4 Å². The minimum atomic E-state index is -2.68. The number of nitrogens with two attached hydrogens (primary N) is 3. The van der Waals surface area contributed by atoms with Crippen molar-refractivity contribution in [1.82, 2.24) is 9.55 Å². The second kappa shape index (κ2) is 11.8. The maximum Gasteiger partial charge on any atom is 0.354 e. The van der Waals surface area contributed by atoms with Crippen LogP contribution in [0.2, 0.25) is 0 Å². The molecule has 5 rings (SSSR count). The van der Waals surface area contributed by atoms with E-state index < -0.39 is 65.7 Å². The summed E-state index contributed by atoms with van der Waals surface area (Å²) in [6.07, 6.45) is -5.22. The highest BCUT2D eigenvalue weighted by Crippen LogP contribution is 2.42. The van der Waals surface area contributed by atoms with Crippen molar-refractivity contribution in [1.29, 1.82) is 0 Å². The molecule has 1 aliphatic rings. The average molecular weight is 586 g/mol. The zero-order chi connectivity index (χ0) is 30.7. The molecule has 220 valence electrons. The number of rotatable bonds is 8. The van der Waals surface area contributed by atoms with Crippen LogP contribution >= 0.6 is 0 Å². The molecule has 1 saturated heterocycles. The summed E-state index contributed by atoms with van der Waals surface area (Å²) in [5.74, 6) is -3.53. The summed E-state index contributed by atoms with van der Waals surface area (Å²) in [6, 6.07) is 23.5. The van der Waals surface area contributed by atoms with E-state index >= 15 is 0 Å². The lowest BCUT2D eigenvalue weighted by Crippen LogP contribution is -2.57. The highest BCUT2D eigenvalue weighted by molar-refractivity contribution is 6.02. The second-order valence-electron chi connectivity index (χ2n) is 9.61. The third-order valence-corrected chi connectivity index (χ3v) is 6.94. The van der Waals surface area contributed by atoms with Gasteiger partial charge in [0.25, 0.3) is 0 Å². The van der Waals surface area contributed by atoms with E-state index in [2.05, 4.69) is 4.98 Å². The monoisotopic (exact) mass is 585 g/mol. The van der Waals surface area contributed by atoms with Crippen molar-refractivity contribution in [3.63, 3.8) is 0 Å². The Morgan fingerprint density at radius 3 is 1.91 bits per heavy atom. The summed E-state index contributed by atoms with van der Waals surface area (Å²) in [4.78, 5) is 57.1. The summed E-state index contributed by atoms with van der Waals surface area (Å²) in [5.41, 5.74) is 14.0. The molecule has 0 aliphatic carbocycles. The predicted octanol–water partition coefficient (Wildman–Crippen LogP) is 1.37. The molecule has 0 bridgehead atoms. The highest BCUT2D eigenvalue weighted by Gasteiger charge is 2.64. The van der Waals surface area contributed by atoms with E-state index in [9.17, 15) is 24.3 Å². The molecule has 1 fully saturated rings. The molecule has 13 heteroatoms. The number of ketones is 1. The fraction of sp³-hybridized carbons (Fsp3) is 0.167. The molecule has 1 aliphatic heterocycles. The fourth-order valence-electron chi connectivity index (χ4n) is 4.80. The van der Waals surface area contributed by atoms with Gasteiger partial charge in [-0.25, -0.2) is 19.0 Å². The summed E-state index contributed by atoms with van der Waals surface area (Å²) in [5, 5.41) is 11.9. The number of hydrogen-bond acceptors (Lipinski definition) is 12. The normalized spacial score (nSPS) is 21.2. The first-order valence-corrected chi connectivity index (χ1v) is 13.0. The number of nitrogens with zero attached hydrogens (tertiary/aromatic N) is 2. The number of carbonyl (C=O) groups excluding carboxylic acids is 3. The largest absolute Gasteiger partial charge is 0.459 e. The average Bonchev–Trinajstić information content (AvgIpc) is 3.30. The van der Waals surface area contributed by atoms with E-state index in [1.54, 1.807) is 54.6 Å². The molecule has 0 saturated carbocycles. The van der Waals surface area contributed by atoms with Gasteiger partial charge in [0, 0.05) is 5.56 Å². The number of carbonyl (C=O) groups is 3. The van der Waals surface area contributed by atoms with E-state index in [1.807, 2.05) is 0 Å². The van der Waals surface area contributed by atoms with Crippen molar-refractivity contribution in [2.45, 2.75) is 24.0 Å². The first-order valence-electron chi connectivity index (χ1n) is 13.0. The molecule has 0 spiro atoms. The van der Waals surface area contributed by atoms with E-state index in [1.165, 1.54) is 36.4 Å². The van der Waals surface area contributed by atoms with Crippen LogP contribution in [0.4, 0.5) is 17.3 Å². The first-order chi connectivity index (χ1) is 20.6. The predicted molar refractivity (Wildman–Crippen MR) is 154 cm³/mol. The number of aliphatic hydroxyl groups is 1. The lowest BCUT2D eigenvalue weighted by atomic mass is 9.93. The molecule has 4 atom stereocenters. The molecule has 0 unspecified atom stereocenters. The van der Waals surface area contributed by atoms with Gasteiger partial charge >= 0.3 is 17.6 Å². The van der Waals surface area contributed by atoms with Gasteiger partial charge in [-0.2, -0.15) is 4.98 Å². The molecule has 7 N–H and O–H groups in total. The molecule has 13 nitrogen and oxygen atoms in total. The second-order valence-corrected chi connectivity index (χ2v) is 9.61. The Morgan fingerprint density at radius 1 is 0.837 bits per heavy atom. The lowest BCUT2D eigenvalue weighted by molar-refractivity contribution is -0.117. The van der Waals surface area contributed by atoms with Gasteiger partial charge in [-0.15, -0.1) is 0 Å². The van der Waals surface area contributed by atoms with E-state index in [4.69, 9.17) is 31.4 Å². The van der Waals surface area contributed by atoms with Crippen LogP contribution in [-0.2, 0) is 19.9 Å². The maximum absolute atomic E-state index is 14.2. The topological polar surface area (TPSA) is 212 Å². The van der Waals surface area contributed by atoms with Gasteiger partial charge < -0.3 is 36.5 Å². The van der Waals surface area contributed by atoms with Crippen molar-refractivity contribution in [2.75, 3.05) is 23.8 Å². The lowest BCUT2D eigenvalue weighted by Gasteiger charge is -2.33. The van der Waals surface area contributed by atoms with Crippen molar-refractivity contribution in [2.24, 2.45) is 0 Å². The van der Waals surface area contributed by atoms with Gasteiger partial charge in [0.05, 0.1) is 11.1 Å². The molecule has 3 aromatic carbocycles. The minimum Gasteiger partial charge on any atom is -0.459 e. The Labute approximate surface area is 244 Å². The standard InChI is InChI=1S/C30H27N5O8/c31-21-25(32)34-29(40)35(26(21)33)30(23(36)17-10-4-1-5-11-17)24(37)22(42-28(39)19-14-8-3-9-15-19)20(43-30)16-41-27(38)18-12-6-2-7-13-18/h1-15,20,22,24,37H,16,31,33H2,(H2,32,34,40)/t20-,22-,24-,30-/m1/s1. The Kier molecular flexibility index (Phi) is 7.92. The zero-order valence-electron chi connectivity index (χ0n) is 22.5. The van der Waals surface area contributed by atoms with Gasteiger partial charge in [0.1, 0.15) is 30.3 Å². The van der Waals surface area contributed by atoms with Gasteiger partial charge in [0.2, 0.25) is 11.5 Å². The number of esters is 2. The third-order valence-electron chi connectivity index (χ3n) is 6.94. The Morgan fingerprint density at radius 2 is 1.35 bits per heavy atom. The van der Waals surface area contributed by atoms with Gasteiger partial charge in [-0.3, -0.25) is 4.79 Å². The Hall–Kier alpha value is -5.53. The van der Waals surface area contributed by atoms with Crippen LogP contribution in [0.1, 0.15) is 31.1 Å². The van der Waals surface area contributed by atoms with E-state index in [0.29, 0.717) is 4.57 Å². The number of hydrogen-bond donors (Lipinski definition) is 4. The summed E-state index contributed by atoms with van der Waals surface area (Å²) in [7, 11) is 0. The number of ether oxygens (including phenoxy) is 3. The summed E-state index contributed by atoms with van der Waals surface area (Å²) < 4.78 is 17.8. The number of nitrogen functional groups attached to an aromatic ring is 3. The van der Waals surface area contributed by atoms with Crippen molar-refractivity contribution < 1.29 is 33.7 Å². The Bertz CT molecular complexity index is 1720. The molecule has 4 aromatic rings. The smallest absolute Gasteiger partial charge is 0.354 e. The Balaban J connectivity index is 1.63. The van der Waals surface area contributed by atoms with Crippen LogP contribution in [-0.4, -0.2) is 57.3 Å². The zero-order valence-corrected chi connectivity index (χ0v) is 22.5. The van der Waals surface area contributed by atoms with Crippen LogP contribution in [0.25, 0.3) is 0 Å². The van der Waals surface area contributed by atoms with Crippen LogP contribution in [0.5, 0.6) is 0 Å². The van der Waals surface area contributed by atoms with Crippen LogP contribution in [0, 0.1) is 0 Å². The van der Waals surface area contributed by atoms with Crippen molar-refractivity contribution >= 4 is 35.0 Å².